The van der Waals surface area contributed by atoms with Gasteiger partial charge in [0, 0.05) is 24.8 Å². The molecule has 2 amide bonds. The molecule has 0 unspecified atom stereocenters. The molecule has 0 atom stereocenters. The molecule has 0 saturated heterocycles. The van der Waals surface area contributed by atoms with E-state index in [0.717, 1.165) is 39.1 Å². The van der Waals surface area contributed by atoms with Crippen LogP contribution in [0.25, 0.3) is 33.7 Å². The molecule has 1 aliphatic heterocycles. The van der Waals surface area contributed by atoms with Crippen molar-refractivity contribution in [2.75, 3.05) is 12.4 Å². The van der Waals surface area contributed by atoms with Crippen LogP contribution < -0.4 is 5.32 Å². The fourth-order valence-electron chi connectivity index (χ4n) is 4.77. The maximum atomic E-state index is 12.4. The number of aromatic hydroxyl groups is 1. The van der Waals surface area contributed by atoms with Crippen molar-refractivity contribution in [1.82, 2.24) is 9.88 Å². The highest BCUT2D eigenvalue weighted by Crippen LogP contribution is 2.33. The summed E-state index contributed by atoms with van der Waals surface area (Å²) in [6, 6.07) is 21.4. The van der Waals surface area contributed by atoms with Crippen LogP contribution in [0.4, 0.5) is 5.69 Å². The van der Waals surface area contributed by atoms with E-state index in [0.29, 0.717) is 45.8 Å². The number of imide groups is 1. The van der Waals surface area contributed by atoms with Crippen LogP contribution in [0.2, 0.25) is 0 Å². The van der Waals surface area contributed by atoms with Crippen molar-refractivity contribution in [3.63, 3.8) is 0 Å². The number of hydrogen-bond acceptors (Lipinski definition) is 7. The third-order valence-corrected chi connectivity index (χ3v) is 6.95. The predicted molar refractivity (Wildman–Crippen MR) is 147 cm³/mol. The fraction of sp³-hybridized carbons (Fsp3) is 0.0968. The second-order valence-electron chi connectivity index (χ2n) is 9.54. The van der Waals surface area contributed by atoms with Crippen LogP contribution in [0.5, 0.6) is 5.75 Å². The molecule has 0 spiro atoms. The number of anilines is 1. The van der Waals surface area contributed by atoms with Crippen molar-refractivity contribution in [2.45, 2.75) is 13.5 Å². The molecule has 8 heteroatoms. The quantitative estimate of drug-likeness (QED) is 0.215. The molecule has 2 N–H and O–H groups in total. The first-order chi connectivity index (χ1) is 18.8. The molecule has 0 aliphatic carbocycles. The van der Waals surface area contributed by atoms with Gasteiger partial charge in [0.1, 0.15) is 17.6 Å². The molecule has 5 aromatic rings. The van der Waals surface area contributed by atoms with Crippen molar-refractivity contribution in [2.24, 2.45) is 0 Å². The number of carbonyl (C=O) groups excluding carboxylic acids is 3. The van der Waals surface area contributed by atoms with Gasteiger partial charge in [0.15, 0.2) is 5.58 Å². The molecule has 0 saturated carbocycles. The Bertz CT molecular complexity index is 1820. The highest BCUT2D eigenvalue weighted by Gasteiger charge is 2.32. The molecule has 1 aromatic heterocycles. The number of benzene rings is 4. The molecule has 39 heavy (non-hydrogen) atoms. The summed E-state index contributed by atoms with van der Waals surface area (Å²) in [5, 5.41) is 13.6. The normalized spacial score (nSPS) is 12.7. The molecule has 0 fully saturated rings. The molecular formula is C31H23N3O5. The van der Waals surface area contributed by atoms with Gasteiger partial charge in [-0.1, -0.05) is 29.8 Å². The number of nitrogens with one attached hydrogen (secondary N) is 1. The van der Waals surface area contributed by atoms with Gasteiger partial charge in [-0.05, 0) is 72.1 Å². The number of aldehydes is 1. The van der Waals surface area contributed by atoms with E-state index in [9.17, 15) is 19.5 Å². The molecular weight excluding hydrogens is 494 g/mol. The van der Waals surface area contributed by atoms with E-state index in [1.807, 2.05) is 43.3 Å². The van der Waals surface area contributed by atoms with Gasteiger partial charge in [0.2, 0.25) is 5.89 Å². The van der Waals surface area contributed by atoms with Gasteiger partial charge in [0.05, 0.1) is 16.7 Å². The number of phenolic OH excluding ortho intramolecular Hbond substituents is 1. The third-order valence-electron chi connectivity index (χ3n) is 6.95. The van der Waals surface area contributed by atoms with Gasteiger partial charge in [-0.15, -0.1) is 0 Å². The smallest absolute Gasteiger partial charge is 0.261 e. The zero-order valence-electron chi connectivity index (χ0n) is 21.2. The summed E-state index contributed by atoms with van der Waals surface area (Å²) in [7, 11) is 1.47. The van der Waals surface area contributed by atoms with Crippen LogP contribution >= 0.6 is 0 Å². The van der Waals surface area contributed by atoms with Crippen LogP contribution in [-0.2, 0) is 6.54 Å². The molecule has 6 rings (SSSR count). The second-order valence-corrected chi connectivity index (χ2v) is 9.54. The fourth-order valence-corrected chi connectivity index (χ4v) is 4.77. The topological polar surface area (TPSA) is 113 Å². The molecule has 0 bridgehead atoms. The summed E-state index contributed by atoms with van der Waals surface area (Å²) in [6.45, 7) is 2.29. The minimum Gasteiger partial charge on any atom is -0.507 e. The lowest BCUT2D eigenvalue weighted by atomic mass is 9.96. The van der Waals surface area contributed by atoms with E-state index < -0.39 is 0 Å². The van der Waals surface area contributed by atoms with E-state index in [-0.39, 0.29) is 17.6 Å². The zero-order chi connectivity index (χ0) is 27.3. The summed E-state index contributed by atoms with van der Waals surface area (Å²) in [4.78, 5) is 42.1. The number of carbonyl (C=O) groups is 3. The van der Waals surface area contributed by atoms with Crippen LogP contribution in [0.1, 0.15) is 42.2 Å². The Hall–Kier alpha value is -5.24. The number of aryl methyl sites for hydroxylation is 1. The zero-order valence-corrected chi connectivity index (χ0v) is 21.2. The van der Waals surface area contributed by atoms with Crippen molar-refractivity contribution in [1.29, 1.82) is 0 Å². The molecule has 2 heterocycles. The Morgan fingerprint density at radius 2 is 1.67 bits per heavy atom. The first-order valence-corrected chi connectivity index (χ1v) is 12.3. The Kier molecular flexibility index (Phi) is 5.72. The number of hydrogen-bond donors (Lipinski definition) is 2. The number of aromatic nitrogens is 1. The predicted octanol–water partition coefficient (Wildman–Crippen LogP) is 5.83. The molecule has 1 aliphatic rings. The monoisotopic (exact) mass is 517 g/mol. The van der Waals surface area contributed by atoms with E-state index in [1.54, 1.807) is 36.4 Å². The Morgan fingerprint density at radius 3 is 2.49 bits per heavy atom. The van der Waals surface area contributed by atoms with Crippen LogP contribution in [-0.4, -0.2) is 40.1 Å². The average Bonchev–Trinajstić information content (AvgIpc) is 3.47. The molecule has 8 nitrogen and oxygen atoms in total. The SMILES string of the molecule is Cc1ccc(O)c(-c2nc3cc(NCc4cc(-c5ccc6c(c5)C(=O)N(C)C6=O)ccc4C=O)ccc3o2)c1. The Balaban J connectivity index is 1.27. The van der Waals surface area contributed by atoms with Crippen LogP contribution in [0, 0.1) is 6.92 Å². The van der Waals surface area contributed by atoms with Crippen LogP contribution in [0.3, 0.4) is 0 Å². The highest BCUT2D eigenvalue weighted by atomic mass is 16.3. The number of amides is 2. The summed E-state index contributed by atoms with van der Waals surface area (Å²) < 4.78 is 5.87. The van der Waals surface area contributed by atoms with E-state index in [2.05, 4.69) is 10.3 Å². The maximum absolute atomic E-state index is 12.4. The van der Waals surface area contributed by atoms with Crippen molar-refractivity contribution >= 4 is 34.9 Å². The van der Waals surface area contributed by atoms with Gasteiger partial charge >= 0.3 is 0 Å². The van der Waals surface area contributed by atoms with E-state index in [1.165, 1.54) is 7.05 Å². The van der Waals surface area contributed by atoms with Crippen LogP contribution in [0.15, 0.2) is 77.2 Å². The average molecular weight is 518 g/mol. The number of oxazole rings is 1. The van der Waals surface area contributed by atoms with Crippen molar-refractivity contribution in [3.05, 3.63) is 101 Å². The largest absolute Gasteiger partial charge is 0.507 e. The second kappa shape index (κ2) is 9.25. The summed E-state index contributed by atoms with van der Waals surface area (Å²) in [5.74, 6) is -0.208. The minimum atomic E-state index is -0.327. The van der Waals surface area contributed by atoms with Gasteiger partial charge in [-0.2, -0.15) is 0 Å². The maximum Gasteiger partial charge on any atom is 0.261 e. The molecule has 4 aromatic carbocycles. The highest BCUT2D eigenvalue weighted by molar-refractivity contribution is 6.21. The summed E-state index contributed by atoms with van der Waals surface area (Å²) in [5.41, 5.74) is 7.17. The summed E-state index contributed by atoms with van der Waals surface area (Å²) in [6.07, 6.45) is 0.808. The first kappa shape index (κ1) is 24.1. The Morgan fingerprint density at radius 1 is 0.897 bits per heavy atom. The van der Waals surface area contributed by atoms with Gasteiger partial charge in [-0.25, -0.2) is 4.98 Å². The lowest BCUT2D eigenvalue weighted by molar-refractivity contribution is 0.0693. The van der Waals surface area contributed by atoms with Crippen molar-refractivity contribution in [3.8, 4) is 28.3 Å². The number of fused-ring (bicyclic) bond motifs is 2. The lowest BCUT2D eigenvalue weighted by Gasteiger charge is -2.11. The standard InChI is InChI=1S/C31H23N3O5/c1-17-3-9-27(36)25(11-17)29-33-26-14-22(7-10-28(26)39-29)32-15-21-12-18(4-5-20(21)16-35)19-6-8-23-24(13-19)31(38)34(2)30(23)37/h3-14,16,32,36H,15H2,1-2H3. The van der Waals surface area contributed by atoms with E-state index in [4.69, 9.17) is 4.42 Å². The number of rotatable bonds is 6. The first-order valence-electron chi connectivity index (χ1n) is 12.3. The van der Waals surface area contributed by atoms with Crippen molar-refractivity contribution < 1.29 is 23.9 Å². The van der Waals surface area contributed by atoms with Gasteiger partial charge < -0.3 is 14.8 Å². The minimum absolute atomic E-state index is 0.0955. The number of nitrogens with zero attached hydrogens (tertiary/aromatic N) is 2. The van der Waals surface area contributed by atoms with Gasteiger partial charge in [-0.3, -0.25) is 19.3 Å². The molecule has 0 radical (unpaired) electrons. The third kappa shape index (κ3) is 4.21. The van der Waals surface area contributed by atoms with E-state index >= 15 is 0 Å². The number of phenols is 1. The van der Waals surface area contributed by atoms with Gasteiger partial charge in [0.25, 0.3) is 11.8 Å². The molecule has 192 valence electrons. The lowest BCUT2D eigenvalue weighted by Crippen LogP contribution is -2.24. The Labute approximate surface area is 223 Å². The summed E-state index contributed by atoms with van der Waals surface area (Å²) >= 11 is 0.